The zero-order valence-corrected chi connectivity index (χ0v) is 17.9. The summed E-state index contributed by atoms with van der Waals surface area (Å²) in [4.78, 5) is 12.3. The number of aryl methyl sites for hydroxylation is 1. The molecule has 0 aromatic heterocycles. The van der Waals surface area contributed by atoms with E-state index in [9.17, 15) is 26.4 Å². The molecule has 11 heteroatoms. The van der Waals surface area contributed by atoms with Gasteiger partial charge in [0.1, 0.15) is 5.75 Å². The zero-order valence-electron chi connectivity index (χ0n) is 16.3. The molecule has 2 rings (SSSR count). The molecule has 0 bridgehead atoms. The van der Waals surface area contributed by atoms with Crippen molar-refractivity contribution < 1.29 is 31.1 Å². The van der Waals surface area contributed by atoms with Gasteiger partial charge in [0.2, 0.25) is 15.9 Å². The molecular weight excluding hydrogens is 445 g/mol. The minimum atomic E-state index is -4.62. The molecule has 2 aromatic carbocycles. The molecule has 164 valence electrons. The van der Waals surface area contributed by atoms with Crippen LogP contribution in [0, 0.1) is 6.92 Å². The summed E-state index contributed by atoms with van der Waals surface area (Å²) >= 11 is 5.85. The van der Waals surface area contributed by atoms with E-state index in [1.54, 1.807) is 13.8 Å². The summed E-state index contributed by atoms with van der Waals surface area (Å²) in [5.41, 5.74) is -0.688. The van der Waals surface area contributed by atoms with Gasteiger partial charge in [-0.3, -0.25) is 4.79 Å². The molecule has 2 N–H and O–H groups in total. The molecule has 30 heavy (non-hydrogen) atoms. The molecule has 0 aliphatic rings. The third kappa shape index (κ3) is 5.87. The summed E-state index contributed by atoms with van der Waals surface area (Å²) in [5.74, 6) is -0.344. The second-order valence-electron chi connectivity index (χ2n) is 6.38. The number of hydrogen-bond donors (Lipinski definition) is 2. The quantitative estimate of drug-likeness (QED) is 0.637. The van der Waals surface area contributed by atoms with E-state index in [4.69, 9.17) is 16.3 Å². The van der Waals surface area contributed by atoms with E-state index >= 15 is 0 Å². The second-order valence-corrected chi connectivity index (χ2v) is 8.51. The lowest BCUT2D eigenvalue weighted by Gasteiger charge is -2.17. The molecule has 0 saturated heterocycles. The van der Waals surface area contributed by atoms with Gasteiger partial charge < -0.3 is 10.1 Å². The van der Waals surface area contributed by atoms with Crippen LogP contribution in [0.4, 0.5) is 18.9 Å². The Kier molecular flexibility index (Phi) is 7.38. The van der Waals surface area contributed by atoms with Gasteiger partial charge in [0, 0.05) is 0 Å². The minimum absolute atomic E-state index is 0.0831. The number of halogens is 4. The fourth-order valence-electron chi connectivity index (χ4n) is 2.50. The van der Waals surface area contributed by atoms with Gasteiger partial charge in [0.15, 0.2) is 0 Å². The van der Waals surface area contributed by atoms with Gasteiger partial charge >= 0.3 is 6.18 Å². The summed E-state index contributed by atoms with van der Waals surface area (Å²) < 4.78 is 71.3. The highest BCUT2D eigenvalue weighted by molar-refractivity contribution is 7.89. The van der Waals surface area contributed by atoms with Crippen LogP contribution in [0.1, 0.15) is 25.0 Å². The van der Waals surface area contributed by atoms with E-state index in [2.05, 4.69) is 10.0 Å². The fourth-order valence-corrected chi connectivity index (χ4v) is 3.95. The number of nitrogens with one attached hydrogen (secondary N) is 2. The van der Waals surface area contributed by atoms with Crippen molar-refractivity contribution >= 4 is 33.2 Å². The number of amides is 1. The standard InChI is InChI=1S/C19H20ClF3N2O4S/c1-4-29-17-8-6-14(9-11(17)2)30(27,28)25-12(3)18(26)24-16-10-13(19(21,22)23)5-7-15(16)20/h5-10,12,25H,4H2,1-3H3,(H,24,26)/t12-/m0/s1. The van der Waals surface area contributed by atoms with Gasteiger partial charge in [-0.05, 0) is 62.7 Å². The highest BCUT2D eigenvalue weighted by Gasteiger charge is 2.31. The van der Waals surface area contributed by atoms with Crippen molar-refractivity contribution in [1.29, 1.82) is 0 Å². The Hall–Kier alpha value is -2.30. The van der Waals surface area contributed by atoms with Gasteiger partial charge in [-0.1, -0.05) is 11.6 Å². The lowest BCUT2D eigenvalue weighted by atomic mass is 10.2. The van der Waals surface area contributed by atoms with Crippen LogP contribution in [0.25, 0.3) is 0 Å². The Labute approximate surface area is 177 Å². The topological polar surface area (TPSA) is 84.5 Å². The molecule has 0 saturated carbocycles. The van der Waals surface area contributed by atoms with Crippen molar-refractivity contribution in [1.82, 2.24) is 4.72 Å². The van der Waals surface area contributed by atoms with Gasteiger partial charge in [-0.15, -0.1) is 0 Å². The van der Waals surface area contributed by atoms with E-state index in [0.717, 1.165) is 12.1 Å². The van der Waals surface area contributed by atoms with Crippen molar-refractivity contribution in [2.45, 2.75) is 37.9 Å². The predicted molar refractivity (Wildman–Crippen MR) is 107 cm³/mol. The highest BCUT2D eigenvalue weighted by atomic mass is 35.5. The van der Waals surface area contributed by atoms with Crippen LogP contribution in [0.3, 0.4) is 0 Å². The average Bonchev–Trinajstić information content (AvgIpc) is 2.63. The van der Waals surface area contributed by atoms with Crippen LogP contribution in [-0.2, 0) is 21.0 Å². The molecule has 6 nitrogen and oxygen atoms in total. The maximum Gasteiger partial charge on any atom is 0.416 e. The molecule has 1 atom stereocenters. The van der Waals surface area contributed by atoms with Crippen LogP contribution in [0.5, 0.6) is 5.75 Å². The van der Waals surface area contributed by atoms with Crippen LogP contribution in [0.15, 0.2) is 41.3 Å². The maximum absolute atomic E-state index is 12.9. The summed E-state index contributed by atoms with van der Waals surface area (Å²) in [5, 5.41) is 2.10. The Morgan fingerprint density at radius 2 is 1.87 bits per heavy atom. The Bertz CT molecular complexity index is 1040. The molecule has 2 aromatic rings. The molecule has 0 heterocycles. The highest BCUT2D eigenvalue weighted by Crippen LogP contribution is 2.33. The molecule has 0 radical (unpaired) electrons. The number of alkyl halides is 3. The van der Waals surface area contributed by atoms with Gasteiger partial charge in [0.05, 0.1) is 33.8 Å². The Balaban J connectivity index is 2.16. The van der Waals surface area contributed by atoms with Crippen LogP contribution >= 0.6 is 11.6 Å². The second kappa shape index (κ2) is 9.23. The molecule has 0 aliphatic heterocycles. The predicted octanol–water partition coefficient (Wildman–Crippen LogP) is 4.37. The minimum Gasteiger partial charge on any atom is -0.494 e. The van der Waals surface area contributed by atoms with E-state index in [1.807, 2.05) is 0 Å². The number of carbonyl (C=O) groups excluding carboxylic acids is 1. The van der Waals surface area contributed by atoms with E-state index in [-0.39, 0.29) is 15.6 Å². The van der Waals surface area contributed by atoms with E-state index < -0.39 is 33.7 Å². The molecule has 0 unspecified atom stereocenters. The first-order chi connectivity index (χ1) is 13.8. The van der Waals surface area contributed by atoms with Crippen molar-refractivity contribution in [3.8, 4) is 5.75 Å². The number of hydrogen-bond acceptors (Lipinski definition) is 4. The normalized spacial score (nSPS) is 13.0. The third-order valence-corrected chi connectivity index (χ3v) is 5.90. The first-order valence-corrected chi connectivity index (χ1v) is 10.6. The third-order valence-electron chi connectivity index (χ3n) is 4.03. The first-order valence-electron chi connectivity index (χ1n) is 8.78. The summed E-state index contributed by atoms with van der Waals surface area (Å²) in [6.07, 6.45) is -4.62. The zero-order chi connectivity index (χ0) is 22.7. The Morgan fingerprint density at radius 3 is 2.43 bits per heavy atom. The van der Waals surface area contributed by atoms with E-state index in [1.165, 1.54) is 25.1 Å². The summed E-state index contributed by atoms with van der Waals surface area (Å²) in [7, 11) is -4.07. The largest absolute Gasteiger partial charge is 0.494 e. The lowest BCUT2D eigenvalue weighted by molar-refractivity contribution is -0.137. The van der Waals surface area contributed by atoms with Crippen LogP contribution in [0.2, 0.25) is 5.02 Å². The molecule has 1 amide bonds. The van der Waals surface area contributed by atoms with Crippen LogP contribution < -0.4 is 14.8 Å². The lowest BCUT2D eigenvalue weighted by Crippen LogP contribution is -2.41. The van der Waals surface area contributed by atoms with Gasteiger partial charge in [-0.2, -0.15) is 17.9 Å². The van der Waals surface area contributed by atoms with Crippen molar-refractivity contribution in [2.24, 2.45) is 0 Å². The number of anilines is 1. The molecule has 0 fully saturated rings. The van der Waals surface area contributed by atoms with Crippen LogP contribution in [-0.4, -0.2) is 27.0 Å². The average molecular weight is 465 g/mol. The monoisotopic (exact) mass is 464 g/mol. The maximum atomic E-state index is 12.9. The SMILES string of the molecule is CCOc1ccc(S(=O)(=O)N[C@@H](C)C(=O)Nc2cc(C(F)(F)F)ccc2Cl)cc1C. The van der Waals surface area contributed by atoms with Gasteiger partial charge in [0.25, 0.3) is 0 Å². The number of sulfonamides is 1. The summed E-state index contributed by atoms with van der Waals surface area (Å²) in [6, 6.07) is 5.39. The van der Waals surface area contributed by atoms with Crippen molar-refractivity contribution in [3.05, 3.63) is 52.5 Å². The molecule has 0 aliphatic carbocycles. The number of carbonyl (C=O) groups is 1. The fraction of sp³-hybridized carbons (Fsp3) is 0.316. The number of benzene rings is 2. The Morgan fingerprint density at radius 1 is 1.20 bits per heavy atom. The van der Waals surface area contributed by atoms with Crippen molar-refractivity contribution in [2.75, 3.05) is 11.9 Å². The van der Waals surface area contributed by atoms with E-state index in [0.29, 0.717) is 24.0 Å². The number of rotatable bonds is 7. The number of ether oxygens (including phenoxy) is 1. The van der Waals surface area contributed by atoms with Gasteiger partial charge in [-0.25, -0.2) is 8.42 Å². The molecular formula is C19H20ClF3N2O4S. The summed E-state index contributed by atoms with van der Waals surface area (Å²) in [6.45, 7) is 5.15. The van der Waals surface area contributed by atoms with Crippen molar-refractivity contribution in [3.63, 3.8) is 0 Å². The smallest absolute Gasteiger partial charge is 0.416 e. The molecule has 0 spiro atoms. The first kappa shape index (κ1) is 24.0.